The average molecular weight is 394 g/mol. The fourth-order valence-corrected chi connectivity index (χ4v) is 3.18. The van der Waals surface area contributed by atoms with Crippen molar-refractivity contribution in [1.82, 2.24) is 15.5 Å². The van der Waals surface area contributed by atoms with Crippen LogP contribution in [-0.2, 0) is 9.59 Å². The molecule has 1 aliphatic heterocycles. The summed E-state index contributed by atoms with van der Waals surface area (Å²) < 4.78 is 0. The van der Waals surface area contributed by atoms with Gasteiger partial charge in [0.2, 0.25) is 11.8 Å². The number of hydrogen-bond acceptors (Lipinski definition) is 3. The molecular weight excluding hydrogens is 366 g/mol. The highest BCUT2D eigenvalue weighted by atomic mass is 35.5. The Morgan fingerprint density at radius 2 is 1.78 bits per heavy atom. The summed E-state index contributed by atoms with van der Waals surface area (Å²) in [5.41, 5.74) is 0.449. The van der Waals surface area contributed by atoms with Gasteiger partial charge in [-0.2, -0.15) is 0 Å². The predicted octanol–water partition coefficient (Wildman–Crippen LogP) is 2.61. The molecule has 7 heteroatoms. The van der Waals surface area contributed by atoms with E-state index >= 15 is 0 Å². The highest BCUT2D eigenvalue weighted by Gasteiger charge is 2.26. The number of rotatable bonds is 8. The van der Waals surface area contributed by atoms with Crippen molar-refractivity contribution in [3.63, 3.8) is 0 Å². The first kappa shape index (κ1) is 21.2. The third kappa shape index (κ3) is 6.24. The Morgan fingerprint density at radius 1 is 1.15 bits per heavy atom. The lowest BCUT2D eigenvalue weighted by Gasteiger charge is -2.24. The average Bonchev–Trinajstić information content (AvgIpc) is 3.20. The Morgan fingerprint density at radius 3 is 2.37 bits per heavy atom. The summed E-state index contributed by atoms with van der Waals surface area (Å²) in [7, 11) is 0. The summed E-state index contributed by atoms with van der Waals surface area (Å²) in [6.45, 7) is 5.77. The van der Waals surface area contributed by atoms with Crippen molar-refractivity contribution in [3.8, 4) is 0 Å². The molecule has 2 atom stereocenters. The standard InChI is InChI=1S/C20H28ClN3O3/c1-3-14(2)18(23-19(26)15-6-8-16(21)9-7-15)20(27)22-11-10-17(25)24-12-4-5-13-24/h6-9,14,18H,3-5,10-13H2,1-2H3,(H,22,27)(H,23,26). The van der Waals surface area contributed by atoms with Crippen LogP contribution in [0.3, 0.4) is 0 Å². The molecule has 1 fully saturated rings. The number of carbonyl (C=O) groups is 3. The van der Waals surface area contributed by atoms with Crippen LogP contribution in [0.2, 0.25) is 5.02 Å². The summed E-state index contributed by atoms with van der Waals surface area (Å²) in [4.78, 5) is 39.0. The summed E-state index contributed by atoms with van der Waals surface area (Å²) in [5, 5.41) is 6.15. The van der Waals surface area contributed by atoms with Crippen molar-refractivity contribution in [3.05, 3.63) is 34.9 Å². The molecule has 0 aliphatic carbocycles. The third-order valence-electron chi connectivity index (χ3n) is 4.99. The summed E-state index contributed by atoms with van der Waals surface area (Å²) in [5.74, 6) is -0.547. The Bertz CT molecular complexity index is 657. The Kier molecular flexibility index (Phi) is 8.10. The zero-order valence-electron chi connectivity index (χ0n) is 16.0. The highest BCUT2D eigenvalue weighted by Crippen LogP contribution is 2.13. The normalized spacial score (nSPS) is 15.9. The van der Waals surface area contributed by atoms with Crippen LogP contribution >= 0.6 is 11.6 Å². The van der Waals surface area contributed by atoms with Crippen molar-refractivity contribution in [2.75, 3.05) is 19.6 Å². The number of likely N-dealkylation sites (tertiary alicyclic amines) is 1. The molecular formula is C20H28ClN3O3. The van der Waals surface area contributed by atoms with E-state index < -0.39 is 6.04 Å². The van der Waals surface area contributed by atoms with E-state index in [4.69, 9.17) is 11.6 Å². The second-order valence-electron chi connectivity index (χ2n) is 6.97. The molecule has 2 rings (SSSR count). The molecule has 0 spiro atoms. The van der Waals surface area contributed by atoms with E-state index in [-0.39, 0.29) is 36.6 Å². The molecule has 1 aliphatic rings. The van der Waals surface area contributed by atoms with Gasteiger partial charge in [0.1, 0.15) is 6.04 Å². The van der Waals surface area contributed by atoms with Crippen molar-refractivity contribution in [2.24, 2.45) is 5.92 Å². The van der Waals surface area contributed by atoms with E-state index in [1.807, 2.05) is 18.7 Å². The van der Waals surface area contributed by atoms with E-state index in [2.05, 4.69) is 10.6 Å². The van der Waals surface area contributed by atoms with Gasteiger partial charge in [-0.3, -0.25) is 14.4 Å². The van der Waals surface area contributed by atoms with Crippen LogP contribution in [0.25, 0.3) is 0 Å². The molecule has 0 radical (unpaired) electrons. The van der Waals surface area contributed by atoms with Gasteiger partial charge in [0, 0.05) is 36.6 Å². The zero-order valence-corrected chi connectivity index (χ0v) is 16.7. The zero-order chi connectivity index (χ0) is 19.8. The van der Waals surface area contributed by atoms with Crippen molar-refractivity contribution >= 4 is 29.3 Å². The molecule has 0 saturated carbocycles. The number of nitrogens with one attached hydrogen (secondary N) is 2. The van der Waals surface area contributed by atoms with E-state index in [0.717, 1.165) is 32.4 Å². The fourth-order valence-electron chi connectivity index (χ4n) is 3.05. The van der Waals surface area contributed by atoms with Gasteiger partial charge in [-0.1, -0.05) is 31.9 Å². The molecule has 0 aromatic heterocycles. The predicted molar refractivity (Wildman–Crippen MR) is 106 cm³/mol. The Hall–Kier alpha value is -2.08. The van der Waals surface area contributed by atoms with Gasteiger partial charge in [0.05, 0.1) is 0 Å². The third-order valence-corrected chi connectivity index (χ3v) is 5.24. The van der Waals surface area contributed by atoms with Gasteiger partial charge < -0.3 is 15.5 Å². The van der Waals surface area contributed by atoms with E-state index in [0.29, 0.717) is 10.6 Å². The molecule has 6 nitrogen and oxygen atoms in total. The smallest absolute Gasteiger partial charge is 0.251 e. The SMILES string of the molecule is CCC(C)C(NC(=O)c1ccc(Cl)cc1)C(=O)NCCC(=O)N1CCCC1. The van der Waals surface area contributed by atoms with Crippen LogP contribution in [0.1, 0.15) is 49.9 Å². The van der Waals surface area contributed by atoms with Crippen LogP contribution in [0.15, 0.2) is 24.3 Å². The second-order valence-corrected chi connectivity index (χ2v) is 7.41. The lowest BCUT2D eigenvalue weighted by Crippen LogP contribution is -2.50. The first-order valence-corrected chi connectivity index (χ1v) is 9.92. The van der Waals surface area contributed by atoms with Crippen LogP contribution in [0.5, 0.6) is 0 Å². The maximum absolute atomic E-state index is 12.6. The monoisotopic (exact) mass is 393 g/mol. The van der Waals surface area contributed by atoms with Gasteiger partial charge in [-0.25, -0.2) is 0 Å². The van der Waals surface area contributed by atoms with Crippen molar-refractivity contribution < 1.29 is 14.4 Å². The molecule has 2 unspecified atom stereocenters. The minimum absolute atomic E-state index is 0.0319. The molecule has 0 bridgehead atoms. The number of halogens is 1. The van der Waals surface area contributed by atoms with Gasteiger partial charge in [0.15, 0.2) is 0 Å². The first-order valence-electron chi connectivity index (χ1n) is 9.54. The molecule has 1 aromatic carbocycles. The Balaban J connectivity index is 1.89. The minimum Gasteiger partial charge on any atom is -0.354 e. The molecule has 3 amide bonds. The molecule has 27 heavy (non-hydrogen) atoms. The van der Waals surface area contributed by atoms with Gasteiger partial charge in [0.25, 0.3) is 5.91 Å². The number of nitrogens with zero attached hydrogens (tertiary/aromatic N) is 1. The maximum atomic E-state index is 12.6. The van der Waals surface area contributed by atoms with Gasteiger partial charge in [-0.15, -0.1) is 0 Å². The van der Waals surface area contributed by atoms with Crippen LogP contribution in [-0.4, -0.2) is 48.3 Å². The minimum atomic E-state index is -0.653. The summed E-state index contributed by atoms with van der Waals surface area (Å²) in [6, 6.07) is 5.87. The highest BCUT2D eigenvalue weighted by molar-refractivity contribution is 6.30. The maximum Gasteiger partial charge on any atom is 0.251 e. The number of benzene rings is 1. The number of carbonyl (C=O) groups excluding carboxylic acids is 3. The molecule has 148 valence electrons. The first-order chi connectivity index (χ1) is 12.9. The Labute approximate surface area is 165 Å². The lowest BCUT2D eigenvalue weighted by atomic mass is 9.97. The van der Waals surface area contributed by atoms with Gasteiger partial charge >= 0.3 is 0 Å². The quantitative estimate of drug-likeness (QED) is 0.712. The van der Waals surface area contributed by atoms with E-state index in [9.17, 15) is 14.4 Å². The number of amides is 3. The largest absolute Gasteiger partial charge is 0.354 e. The van der Waals surface area contributed by atoms with Crippen LogP contribution < -0.4 is 10.6 Å². The summed E-state index contributed by atoms with van der Waals surface area (Å²) in [6.07, 6.45) is 3.12. The van der Waals surface area contributed by atoms with Crippen molar-refractivity contribution in [2.45, 2.75) is 45.6 Å². The molecule has 1 aromatic rings. The fraction of sp³-hybridized carbons (Fsp3) is 0.550. The molecule has 1 saturated heterocycles. The molecule has 2 N–H and O–H groups in total. The second kappa shape index (κ2) is 10.3. The van der Waals surface area contributed by atoms with Crippen molar-refractivity contribution in [1.29, 1.82) is 0 Å². The van der Waals surface area contributed by atoms with Crippen LogP contribution in [0, 0.1) is 5.92 Å². The topological polar surface area (TPSA) is 78.5 Å². The molecule has 1 heterocycles. The lowest BCUT2D eigenvalue weighted by molar-refractivity contribution is -0.130. The number of hydrogen-bond donors (Lipinski definition) is 2. The van der Waals surface area contributed by atoms with Crippen LogP contribution in [0.4, 0.5) is 0 Å². The van der Waals surface area contributed by atoms with E-state index in [1.54, 1.807) is 24.3 Å². The van der Waals surface area contributed by atoms with Gasteiger partial charge in [-0.05, 0) is 43.0 Å². The van der Waals surface area contributed by atoms with E-state index in [1.165, 1.54) is 0 Å². The summed E-state index contributed by atoms with van der Waals surface area (Å²) >= 11 is 5.85.